The lowest BCUT2D eigenvalue weighted by Gasteiger charge is -2.37. The third kappa shape index (κ3) is 5.80. The standard InChI is InChI=1S/C40H25Cl2FN6/c41-28-23-29(42)25-32(24-28)49(40-36-18-10-8-16-34(36)38(45-47-40)27-13-5-2-6-14-27)48(31-21-19-30(43)20-22-31)39-35-17-9-7-15-33(35)37(44-46-39)26-11-3-1-4-12-26/h1-25H. The second-order valence-electron chi connectivity index (χ2n) is 11.3. The van der Waals surface area contributed by atoms with Crippen molar-refractivity contribution in [3.05, 3.63) is 168 Å². The molecule has 2 aromatic heterocycles. The van der Waals surface area contributed by atoms with Gasteiger partial charge in [-0.25, -0.2) is 14.4 Å². The van der Waals surface area contributed by atoms with E-state index >= 15 is 0 Å². The Labute approximate surface area is 291 Å². The lowest BCUT2D eigenvalue weighted by molar-refractivity contribution is 0.627. The van der Waals surface area contributed by atoms with Gasteiger partial charge in [-0.1, -0.05) is 132 Å². The van der Waals surface area contributed by atoms with Gasteiger partial charge in [0.15, 0.2) is 11.6 Å². The van der Waals surface area contributed by atoms with Gasteiger partial charge in [-0.05, 0) is 42.5 Å². The molecule has 0 saturated heterocycles. The maximum atomic E-state index is 14.5. The number of rotatable bonds is 7. The number of fused-ring (bicyclic) bond motifs is 2. The van der Waals surface area contributed by atoms with Crippen LogP contribution < -0.4 is 10.0 Å². The summed E-state index contributed by atoms with van der Waals surface area (Å²) in [5.74, 6) is 0.556. The highest BCUT2D eigenvalue weighted by atomic mass is 35.5. The first kappa shape index (κ1) is 30.4. The maximum absolute atomic E-state index is 14.5. The predicted octanol–water partition coefficient (Wildman–Crippen LogP) is 11.2. The van der Waals surface area contributed by atoms with Crippen LogP contribution in [0.3, 0.4) is 0 Å². The fourth-order valence-electron chi connectivity index (χ4n) is 6.02. The van der Waals surface area contributed by atoms with Crippen molar-refractivity contribution in [2.24, 2.45) is 0 Å². The first-order valence-electron chi connectivity index (χ1n) is 15.5. The average molecular weight is 680 g/mol. The lowest BCUT2D eigenvalue weighted by atomic mass is 10.0. The minimum absolute atomic E-state index is 0.381. The molecule has 0 saturated carbocycles. The monoisotopic (exact) mass is 678 g/mol. The molecular weight excluding hydrogens is 654 g/mol. The highest BCUT2D eigenvalue weighted by molar-refractivity contribution is 6.35. The highest BCUT2D eigenvalue weighted by Crippen LogP contribution is 2.43. The van der Waals surface area contributed by atoms with Gasteiger partial charge in [-0.15, -0.1) is 20.4 Å². The van der Waals surface area contributed by atoms with Crippen molar-refractivity contribution < 1.29 is 4.39 Å². The number of benzene rings is 6. The lowest BCUT2D eigenvalue weighted by Crippen LogP contribution is -2.37. The van der Waals surface area contributed by atoms with Gasteiger partial charge in [-0.3, -0.25) is 0 Å². The molecule has 8 aromatic rings. The molecule has 6 aromatic carbocycles. The molecule has 0 unspecified atom stereocenters. The van der Waals surface area contributed by atoms with E-state index < -0.39 is 0 Å². The average Bonchev–Trinajstić information content (AvgIpc) is 3.14. The second kappa shape index (κ2) is 13.0. The molecular formula is C40H25Cl2FN6. The molecule has 0 aliphatic rings. The van der Waals surface area contributed by atoms with Crippen molar-refractivity contribution >= 4 is 67.8 Å². The van der Waals surface area contributed by atoms with Crippen LogP contribution >= 0.6 is 23.2 Å². The Balaban J connectivity index is 1.45. The van der Waals surface area contributed by atoms with Crippen LogP contribution in [0.1, 0.15) is 0 Å². The predicted molar refractivity (Wildman–Crippen MR) is 197 cm³/mol. The van der Waals surface area contributed by atoms with Crippen molar-refractivity contribution in [2.45, 2.75) is 0 Å². The van der Waals surface area contributed by atoms with Gasteiger partial charge >= 0.3 is 0 Å². The zero-order valence-corrected chi connectivity index (χ0v) is 27.3. The summed E-state index contributed by atoms with van der Waals surface area (Å²) in [6.45, 7) is 0. The fraction of sp³-hybridized carbons (Fsp3) is 0. The molecule has 0 amide bonds. The van der Waals surface area contributed by atoms with Gasteiger partial charge in [0, 0.05) is 42.7 Å². The number of hydrogen-bond donors (Lipinski definition) is 0. The number of nitrogens with zero attached hydrogens (tertiary/aromatic N) is 6. The van der Waals surface area contributed by atoms with E-state index in [1.165, 1.54) is 12.1 Å². The zero-order chi connectivity index (χ0) is 33.3. The maximum Gasteiger partial charge on any atom is 0.182 e. The molecule has 8 rings (SSSR count). The highest BCUT2D eigenvalue weighted by Gasteiger charge is 2.29. The Morgan fingerprint density at radius 1 is 0.408 bits per heavy atom. The van der Waals surface area contributed by atoms with E-state index in [2.05, 4.69) is 0 Å². The normalized spacial score (nSPS) is 11.2. The molecule has 0 fully saturated rings. The number of hydrazine groups is 1. The second-order valence-corrected chi connectivity index (χ2v) is 12.2. The van der Waals surface area contributed by atoms with Crippen LogP contribution in [0.15, 0.2) is 152 Å². The van der Waals surface area contributed by atoms with Crippen LogP contribution in [-0.4, -0.2) is 20.4 Å². The van der Waals surface area contributed by atoms with E-state index in [1.807, 2.05) is 119 Å². The van der Waals surface area contributed by atoms with E-state index in [0.29, 0.717) is 33.1 Å². The van der Waals surface area contributed by atoms with E-state index in [9.17, 15) is 4.39 Å². The van der Waals surface area contributed by atoms with Crippen molar-refractivity contribution in [2.75, 3.05) is 10.0 Å². The Morgan fingerprint density at radius 2 is 0.816 bits per heavy atom. The van der Waals surface area contributed by atoms with Crippen LogP contribution in [0.2, 0.25) is 10.0 Å². The minimum atomic E-state index is -0.381. The van der Waals surface area contributed by atoms with Gasteiger partial charge in [0.1, 0.15) is 17.2 Å². The third-order valence-electron chi connectivity index (χ3n) is 8.19. The van der Waals surface area contributed by atoms with Crippen molar-refractivity contribution in [1.29, 1.82) is 0 Å². The summed E-state index contributed by atoms with van der Waals surface area (Å²) in [5.41, 5.74) is 4.48. The molecule has 236 valence electrons. The summed E-state index contributed by atoms with van der Waals surface area (Å²) >= 11 is 13.3. The van der Waals surface area contributed by atoms with Crippen molar-refractivity contribution in [1.82, 2.24) is 20.4 Å². The summed E-state index contributed by atoms with van der Waals surface area (Å²) in [4.78, 5) is 0. The molecule has 0 aliphatic carbocycles. The van der Waals surface area contributed by atoms with Crippen molar-refractivity contribution in [3.8, 4) is 22.5 Å². The summed E-state index contributed by atoms with van der Waals surface area (Å²) < 4.78 is 14.5. The number of halogens is 3. The molecule has 0 radical (unpaired) electrons. The molecule has 49 heavy (non-hydrogen) atoms. The SMILES string of the molecule is Fc1ccc(N(c2nnc(-c3ccccc3)c3ccccc23)N(c2cc(Cl)cc(Cl)c2)c2nnc(-c3ccccc3)c3ccccc23)cc1. The van der Waals surface area contributed by atoms with Crippen molar-refractivity contribution in [3.63, 3.8) is 0 Å². The van der Waals surface area contributed by atoms with Crippen LogP contribution in [0.5, 0.6) is 0 Å². The molecule has 2 heterocycles. The van der Waals surface area contributed by atoms with E-state index in [0.717, 1.165) is 44.1 Å². The van der Waals surface area contributed by atoms with Gasteiger partial charge in [0.25, 0.3) is 0 Å². The Morgan fingerprint density at radius 3 is 1.29 bits per heavy atom. The summed E-state index contributed by atoms with van der Waals surface area (Å²) in [7, 11) is 0. The van der Waals surface area contributed by atoms with Crippen LogP contribution in [0.4, 0.5) is 27.4 Å². The Hall–Kier alpha value is -5.89. The summed E-state index contributed by atoms with van der Waals surface area (Å²) in [5, 5.41) is 27.2. The molecule has 0 aliphatic heterocycles. The molecule has 6 nitrogen and oxygen atoms in total. The number of aromatic nitrogens is 4. The van der Waals surface area contributed by atoms with Gasteiger partial charge in [0.05, 0.1) is 11.4 Å². The first-order valence-corrected chi connectivity index (χ1v) is 16.2. The smallest absolute Gasteiger partial charge is 0.182 e. The van der Waals surface area contributed by atoms with Gasteiger partial charge in [0.2, 0.25) is 0 Å². The minimum Gasteiger partial charge on any atom is -0.227 e. The third-order valence-corrected chi connectivity index (χ3v) is 8.63. The molecule has 0 bridgehead atoms. The molecule has 0 spiro atoms. The zero-order valence-electron chi connectivity index (χ0n) is 25.8. The van der Waals surface area contributed by atoms with Crippen LogP contribution in [-0.2, 0) is 0 Å². The van der Waals surface area contributed by atoms with Gasteiger partial charge < -0.3 is 0 Å². The van der Waals surface area contributed by atoms with Crippen LogP contribution in [0.25, 0.3) is 44.1 Å². The summed E-state index contributed by atoms with van der Waals surface area (Å²) in [6, 6.07) is 47.1. The fourth-order valence-corrected chi connectivity index (χ4v) is 6.53. The molecule has 0 atom stereocenters. The number of anilines is 4. The largest absolute Gasteiger partial charge is 0.227 e. The Kier molecular flexibility index (Phi) is 8.05. The first-order chi connectivity index (χ1) is 24.0. The Bertz CT molecular complexity index is 2420. The van der Waals surface area contributed by atoms with Crippen LogP contribution in [0, 0.1) is 5.82 Å². The van der Waals surface area contributed by atoms with E-state index in [-0.39, 0.29) is 5.82 Å². The summed E-state index contributed by atoms with van der Waals surface area (Å²) in [6.07, 6.45) is 0. The van der Waals surface area contributed by atoms with E-state index in [1.54, 1.807) is 30.3 Å². The topological polar surface area (TPSA) is 58.0 Å². The molecule has 0 N–H and O–H groups in total. The van der Waals surface area contributed by atoms with E-state index in [4.69, 9.17) is 43.6 Å². The molecule has 9 heteroatoms. The van der Waals surface area contributed by atoms with Gasteiger partial charge in [-0.2, -0.15) is 0 Å². The quantitative estimate of drug-likeness (QED) is 0.156. The number of hydrogen-bond acceptors (Lipinski definition) is 6.